The minimum Gasteiger partial charge on any atom is -0.446 e. The first-order valence-corrected chi connectivity index (χ1v) is 8.43. The highest BCUT2D eigenvalue weighted by molar-refractivity contribution is 7.88. The molecule has 0 saturated heterocycles. The summed E-state index contributed by atoms with van der Waals surface area (Å²) < 4.78 is 31.9. The second-order valence-corrected chi connectivity index (χ2v) is 6.68. The number of hydrogen-bond donors (Lipinski definition) is 3. The van der Waals surface area contributed by atoms with Gasteiger partial charge in [-0.1, -0.05) is 11.8 Å². The Hall–Kier alpha value is -1.60. The van der Waals surface area contributed by atoms with Gasteiger partial charge >= 0.3 is 16.3 Å². The Morgan fingerprint density at radius 3 is 2.86 bits per heavy atom. The van der Waals surface area contributed by atoms with Gasteiger partial charge in [-0.05, 0) is 19.9 Å². The van der Waals surface area contributed by atoms with Crippen molar-refractivity contribution in [2.24, 2.45) is 5.73 Å². The molecular weight excluding hydrogens is 314 g/mol. The molecule has 1 heterocycles. The number of carbonyl (C=O) groups excluding carboxylic acids is 1. The summed E-state index contributed by atoms with van der Waals surface area (Å²) in [5, 5.41) is 1.80. The molecule has 9 heteroatoms. The summed E-state index contributed by atoms with van der Waals surface area (Å²) in [6.07, 6.45) is -1.42. The zero-order valence-corrected chi connectivity index (χ0v) is 13.3. The van der Waals surface area contributed by atoms with Crippen LogP contribution >= 0.6 is 11.3 Å². The third kappa shape index (κ3) is 7.10. The third-order valence-corrected chi connectivity index (χ3v) is 3.88. The van der Waals surface area contributed by atoms with Crippen LogP contribution in [0.15, 0.2) is 11.4 Å². The van der Waals surface area contributed by atoms with E-state index < -0.39 is 22.4 Å². The number of carbonyl (C=O) groups is 1. The Bertz CT molecular complexity index is 641. The van der Waals surface area contributed by atoms with Crippen molar-refractivity contribution < 1.29 is 17.9 Å². The maximum absolute atomic E-state index is 11.6. The van der Waals surface area contributed by atoms with Crippen LogP contribution in [-0.4, -0.2) is 27.2 Å². The van der Waals surface area contributed by atoms with Crippen molar-refractivity contribution in [1.29, 1.82) is 0 Å². The maximum Gasteiger partial charge on any atom is 0.422 e. The molecule has 7 nitrogen and oxygen atoms in total. The molecule has 0 unspecified atom stereocenters. The maximum atomic E-state index is 11.6. The van der Waals surface area contributed by atoms with E-state index in [0.29, 0.717) is 0 Å². The summed E-state index contributed by atoms with van der Waals surface area (Å²) >= 11 is 1.36. The number of amides is 1. The van der Waals surface area contributed by atoms with Crippen molar-refractivity contribution in [3.63, 3.8) is 0 Å². The normalized spacial score (nSPS) is 10.9. The average Bonchev–Trinajstić information content (AvgIpc) is 2.80. The van der Waals surface area contributed by atoms with E-state index in [0.717, 1.165) is 10.4 Å². The van der Waals surface area contributed by atoms with Gasteiger partial charge in [-0.25, -0.2) is 9.52 Å². The van der Waals surface area contributed by atoms with E-state index in [1.807, 2.05) is 0 Å². The minimum atomic E-state index is -3.96. The van der Waals surface area contributed by atoms with Gasteiger partial charge < -0.3 is 10.5 Å². The van der Waals surface area contributed by atoms with Gasteiger partial charge in [-0.2, -0.15) is 13.1 Å². The van der Waals surface area contributed by atoms with Crippen LogP contribution in [0.5, 0.6) is 0 Å². The van der Waals surface area contributed by atoms with Crippen molar-refractivity contribution in [2.75, 3.05) is 6.54 Å². The van der Waals surface area contributed by atoms with Crippen molar-refractivity contribution in [3.05, 3.63) is 21.9 Å². The number of nitrogens with two attached hydrogens (primary N) is 1. The monoisotopic (exact) mass is 331 g/mol. The quantitative estimate of drug-likeness (QED) is 0.682. The Kier molecular flexibility index (Phi) is 6.64. The smallest absolute Gasteiger partial charge is 0.422 e. The largest absolute Gasteiger partial charge is 0.446 e. The minimum absolute atomic E-state index is 0.0548. The second-order valence-electron chi connectivity index (χ2n) is 4.19. The molecule has 0 bridgehead atoms. The molecule has 0 aliphatic rings. The van der Waals surface area contributed by atoms with E-state index in [4.69, 9.17) is 5.73 Å². The Labute approximate surface area is 128 Å². The number of thiophene rings is 1. The molecule has 0 fully saturated rings. The van der Waals surface area contributed by atoms with Gasteiger partial charge in [0.15, 0.2) is 0 Å². The average molecular weight is 331 g/mol. The van der Waals surface area contributed by atoms with Crippen molar-refractivity contribution in [3.8, 4) is 11.8 Å². The molecule has 0 atom stereocenters. The fourth-order valence-electron chi connectivity index (χ4n) is 1.24. The Balaban J connectivity index is 2.53. The highest BCUT2D eigenvalue weighted by Gasteiger charge is 2.16. The van der Waals surface area contributed by atoms with E-state index >= 15 is 0 Å². The molecule has 0 aliphatic heterocycles. The second kappa shape index (κ2) is 7.99. The van der Waals surface area contributed by atoms with Crippen LogP contribution < -0.4 is 15.2 Å². The topological polar surface area (TPSA) is 111 Å². The molecular formula is C12H17N3O4S2. The zero-order chi connectivity index (χ0) is 15.9. The van der Waals surface area contributed by atoms with Gasteiger partial charge in [0, 0.05) is 22.4 Å². The van der Waals surface area contributed by atoms with Gasteiger partial charge in [0.2, 0.25) is 0 Å². The molecule has 0 radical (unpaired) electrons. The third-order valence-electron chi connectivity index (χ3n) is 1.99. The predicted octanol–water partition coefficient (Wildman–Crippen LogP) is 0.527. The molecule has 1 rings (SSSR count). The summed E-state index contributed by atoms with van der Waals surface area (Å²) in [4.78, 5) is 12.0. The summed E-state index contributed by atoms with van der Waals surface area (Å²) in [5.41, 5.74) is 6.04. The van der Waals surface area contributed by atoms with Crippen LogP contribution in [0.1, 0.15) is 24.3 Å². The van der Waals surface area contributed by atoms with E-state index in [-0.39, 0.29) is 13.1 Å². The van der Waals surface area contributed by atoms with E-state index in [1.54, 1.807) is 30.0 Å². The van der Waals surface area contributed by atoms with Crippen LogP contribution in [-0.2, 0) is 21.5 Å². The van der Waals surface area contributed by atoms with Crippen LogP contribution in [0, 0.1) is 11.8 Å². The molecule has 4 N–H and O–H groups in total. The molecule has 21 heavy (non-hydrogen) atoms. The highest BCUT2D eigenvalue weighted by Crippen LogP contribution is 2.13. The molecule has 0 aromatic carbocycles. The van der Waals surface area contributed by atoms with E-state index in [9.17, 15) is 13.2 Å². The number of hydrogen-bond acceptors (Lipinski definition) is 6. The van der Waals surface area contributed by atoms with Crippen LogP contribution in [0.25, 0.3) is 0 Å². The Morgan fingerprint density at radius 2 is 2.24 bits per heavy atom. The van der Waals surface area contributed by atoms with E-state index in [2.05, 4.69) is 21.3 Å². The number of ether oxygens (including phenoxy) is 1. The highest BCUT2D eigenvalue weighted by atomic mass is 32.2. The van der Waals surface area contributed by atoms with Crippen LogP contribution in [0.3, 0.4) is 0 Å². The summed E-state index contributed by atoms with van der Waals surface area (Å²) in [6.45, 7) is 3.56. The van der Waals surface area contributed by atoms with Gasteiger partial charge in [0.25, 0.3) is 0 Å². The predicted molar refractivity (Wildman–Crippen MR) is 80.8 cm³/mol. The van der Waals surface area contributed by atoms with Gasteiger partial charge in [0.05, 0.1) is 12.6 Å². The molecule has 1 aromatic rings. The number of nitrogens with one attached hydrogen (secondary N) is 2. The first kappa shape index (κ1) is 17.5. The lowest BCUT2D eigenvalue weighted by atomic mass is 10.3. The standard InChI is InChI=1S/C12H17N3O4S2/c1-9(2)19-12(16)15-21(17,18)14-7-11-6-10(8-20-11)4-3-5-13/h6,8-9,14H,5,7,13H2,1-2H3,(H,15,16). The molecule has 1 aromatic heterocycles. The fraction of sp³-hybridized carbons (Fsp3) is 0.417. The lowest BCUT2D eigenvalue weighted by molar-refractivity contribution is 0.121. The first-order valence-electron chi connectivity index (χ1n) is 6.06. The molecule has 116 valence electrons. The van der Waals surface area contributed by atoms with Gasteiger partial charge in [-0.3, -0.25) is 0 Å². The van der Waals surface area contributed by atoms with Gasteiger partial charge in [-0.15, -0.1) is 11.3 Å². The van der Waals surface area contributed by atoms with Crippen molar-refractivity contribution in [1.82, 2.24) is 9.44 Å². The molecule has 1 amide bonds. The van der Waals surface area contributed by atoms with E-state index in [1.165, 1.54) is 11.3 Å². The summed E-state index contributed by atoms with van der Waals surface area (Å²) in [6, 6.07) is 1.75. The van der Waals surface area contributed by atoms with Crippen LogP contribution in [0.2, 0.25) is 0 Å². The molecule has 0 spiro atoms. The fourth-order valence-corrected chi connectivity index (χ4v) is 2.77. The Morgan fingerprint density at radius 1 is 1.52 bits per heavy atom. The summed E-state index contributed by atoms with van der Waals surface area (Å²) in [5.74, 6) is 5.55. The van der Waals surface area contributed by atoms with Crippen molar-refractivity contribution >= 4 is 27.6 Å². The lowest BCUT2D eigenvalue weighted by Gasteiger charge is -2.10. The van der Waals surface area contributed by atoms with Crippen molar-refractivity contribution in [2.45, 2.75) is 26.5 Å². The van der Waals surface area contributed by atoms with Gasteiger partial charge in [0.1, 0.15) is 0 Å². The summed E-state index contributed by atoms with van der Waals surface area (Å²) in [7, 11) is -3.96. The number of rotatable bonds is 5. The molecule has 0 saturated carbocycles. The first-order chi connectivity index (χ1) is 9.82. The lowest BCUT2D eigenvalue weighted by Crippen LogP contribution is -2.40. The van der Waals surface area contributed by atoms with Crippen LogP contribution in [0.4, 0.5) is 4.79 Å². The molecule has 0 aliphatic carbocycles. The zero-order valence-electron chi connectivity index (χ0n) is 11.7. The SMILES string of the molecule is CC(C)OC(=O)NS(=O)(=O)NCc1cc(C#CCN)cs1.